The molecule has 0 aromatic heterocycles. The van der Waals surface area contributed by atoms with E-state index in [4.69, 9.17) is 4.74 Å². The van der Waals surface area contributed by atoms with Gasteiger partial charge in [-0.3, -0.25) is 0 Å². The van der Waals surface area contributed by atoms with Gasteiger partial charge in [-0.05, 0) is 20.8 Å². The zero-order chi connectivity index (χ0) is 8.62. The Hall–Kier alpha value is -0.110. The summed E-state index contributed by atoms with van der Waals surface area (Å²) >= 11 is 0. The van der Waals surface area contributed by atoms with Crippen LogP contribution in [0.5, 0.6) is 0 Å². The molecule has 10 heavy (non-hydrogen) atoms. The van der Waals surface area contributed by atoms with Gasteiger partial charge in [-0.15, -0.1) is 0 Å². The Balaban J connectivity index is 0. The van der Waals surface area contributed by atoms with Gasteiger partial charge in [-0.2, -0.15) is 0 Å². The number of ether oxygens (including phenoxy) is 1. The summed E-state index contributed by atoms with van der Waals surface area (Å²) in [7, 11) is 0. The Morgan fingerprint density at radius 1 is 1.30 bits per heavy atom. The van der Waals surface area contributed by atoms with Crippen LogP contribution in [-0.2, 0) is 4.74 Å². The molecule has 0 bridgehead atoms. The lowest BCUT2D eigenvalue weighted by atomic mass is 10.2. The molecule has 0 aliphatic rings. The van der Waals surface area contributed by atoms with Crippen molar-refractivity contribution in [3.8, 4) is 0 Å². The average Bonchev–Trinajstić information content (AvgIpc) is 1.87. The van der Waals surface area contributed by atoms with Crippen LogP contribution in [0.25, 0.3) is 0 Å². The molecule has 0 N–H and O–H groups in total. The zero-order valence-corrected chi connectivity index (χ0v) is 7.70. The number of halogens is 1. The van der Waals surface area contributed by atoms with Gasteiger partial charge in [0.25, 0.3) is 0 Å². The van der Waals surface area contributed by atoms with Crippen molar-refractivity contribution >= 4 is 0 Å². The maximum Gasteiger partial charge on any atom is 0.128 e. The average molecular weight is 150 g/mol. The molecule has 0 aromatic carbocycles. The summed E-state index contributed by atoms with van der Waals surface area (Å²) in [5, 5.41) is 0. The zero-order valence-electron chi connectivity index (χ0n) is 7.70. The van der Waals surface area contributed by atoms with E-state index in [9.17, 15) is 4.39 Å². The van der Waals surface area contributed by atoms with E-state index in [1.54, 1.807) is 0 Å². The van der Waals surface area contributed by atoms with E-state index in [2.05, 4.69) is 0 Å². The summed E-state index contributed by atoms with van der Waals surface area (Å²) in [4.78, 5) is 0. The topological polar surface area (TPSA) is 9.23 Å². The van der Waals surface area contributed by atoms with Crippen LogP contribution in [0.15, 0.2) is 0 Å². The van der Waals surface area contributed by atoms with Gasteiger partial charge in [-0.1, -0.05) is 13.8 Å². The van der Waals surface area contributed by atoms with Crippen molar-refractivity contribution in [3.05, 3.63) is 0 Å². The highest BCUT2D eigenvalue weighted by Gasteiger charge is 2.13. The van der Waals surface area contributed by atoms with Crippen molar-refractivity contribution in [1.82, 2.24) is 0 Å². The highest BCUT2D eigenvalue weighted by molar-refractivity contribution is 4.62. The molecule has 0 saturated carbocycles. The monoisotopic (exact) mass is 150 g/mol. The van der Waals surface area contributed by atoms with Crippen LogP contribution >= 0.6 is 0 Å². The Labute approximate surface area is 63.6 Å². The van der Waals surface area contributed by atoms with Crippen molar-refractivity contribution in [1.29, 1.82) is 0 Å². The molecule has 0 spiro atoms. The molecule has 64 valence electrons. The third-order valence-corrected chi connectivity index (χ3v) is 0.649. The molecule has 0 radical (unpaired) electrons. The molecule has 0 amide bonds. The molecule has 0 atom stereocenters. The summed E-state index contributed by atoms with van der Waals surface area (Å²) in [5.74, 6) is 0. The van der Waals surface area contributed by atoms with E-state index < -0.39 is 5.67 Å². The van der Waals surface area contributed by atoms with E-state index >= 15 is 0 Å². The van der Waals surface area contributed by atoms with Crippen LogP contribution in [0.2, 0.25) is 0 Å². The second-order valence-electron chi connectivity index (χ2n) is 2.36. The summed E-state index contributed by atoms with van der Waals surface area (Å²) < 4.78 is 17.3. The minimum absolute atomic E-state index is 0.198. The Morgan fingerprint density at radius 2 is 1.70 bits per heavy atom. The van der Waals surface area contributed by atoms with Gasteiger partial charge in [0.15, 0.2) is 0 Å². The van der Waals surface area contributed by atoms with E-state index in [0.29, 0.717) is 6.61 Å². The first kappa shape index (κ1) is 12.6. The molecule has 0 fully saturated rings. The SMILES string of the molecule is CC.CCOCC(C)(C)F. The standard InChI is InChI=1S/C6H13FO.C2H6/c1-4-8-5-6(2,3)7;1-2/h4-5H2,1-3H3;1-2H3. The van der Waals surface area contributed by atoms with Gasteiger partial charge in [0.1, 0.15) is 5.67 Å². The molecular formula is C8H19FO. The van der Waals surface area contributed by atoms with Crippen LogP contribution in [0.1, 0.15) is 34.6 Å². The minimum Gasteiger partial charge on any atom is -0.378 e. The molecule has 0 aromatic rings. The van der Waals surface area contributed by atoms with Gasteiger partial charge in [0.05, 0.1) is 6.61 Å². The van der Waals surface area contributed by atoms with E-state index in [0.717, 1.165) is 0 Å². The number of hydrogen-bond acceptors (Lipinski definition) is 1. The fourth-order valence-electron chi connectivity index (χ4n) is 0.345. The van der Waals surface area contributed by atoms with Crippen molar-refractivity contribution in [2.75, 3.05) is 13.2 Å². The van der Waals surface area contributed by atoms with Crippen LogP contribution in [0.3, 0.4) is 0 Å². The molecule has 1 nitrogen and oxygen atoms in total. The Kier molecular flexibility index (Phi) is 8.79. The predicted molar refractivity (Wildman–Crippen MR) is 43.0 cm³/mol. The summed E-state index contributed by atoms with van der Waals surface area (Å²) in [6.07, 6.45) is 0. The van der Waals surface area contributed by atoms with E-state index in [1.807, 2.05) is 20.8 Å². The molecular weight excluding hydrogens is 131 g/mol. The Bertz CT molecular complexity index is 56.8. The second-order valence-corrected chi connectivity index (χ2v) is 2.36. The van der Waals surface area contributed by atoms with Crippen molar-refractivity contribution < 1.29 is 9.13 Å². The van der Waals surface area contributed by atoms with Gasteiger partial charge in [-0.25, -0.2) is 4.39 Å². The fraction of sp³-hybridized carbons (Fsp3) is 1.00. The van der Waals surface area contributed by atoms with Crippen molar-refractivity contribution in [2.45, 2.75) is 40.3 Å². The number of alkyl halides is 1. The minimum atomic E-state index is -1.17. The first-order chi connectivity index (χ1) is 4.56. The lowest BCUT2D eigenvalue weighted by Gasteiger charge is -2.12. The fourth-order valence-corrected chi connectivity index (χ4v) is 0.345. The van der Waals surface area contributed by atoms with E-state index in [1.165, 1.54) is 13.8 Å². The van der Waals surface area contributed by atoms with Crippen LogP contribution in [-0.4, -0.2) is 18.9 Å². The first-order valence-corrected chi connectivity index (χ1v) is 3.83. The highest BCUT2D eigenvalue weighted by atomic mass is 19.1. The largest absolute Gasteiger partial charge is 0.378 e. The molecule has 0 aliphatic heterocycles. The van der Waals surface area contributed by atoms with Crippen LogP contribution < -0.4 is 0 Å². The third kappa shape index (κ3) is 15.7. The number of hydrogen-bond donors (Lipinski definition) is 0. The molecule has 0 aliphatic carbocycles. The first-order valence-electron chi connectivity index (χ1n) is 3.83. The van der Waals surface area contributed by atoms with E-state index in [-0.39, 0.29) is 6.61 Å². The molecule has 0 saturated heterocycles. The van der Waals surface area contributed by atoms with Gasteiger partial charge >= 0.3 is 0 Å². The molecule has 0 unspecified atom stereocenters. The van der Waals surface area contributed by atoms with Gasteiger partial charge < -0.3 is 4.74 Å². The van der Waals surface area contributed by atoms with Gasteiger partial charge in [0, 0.05) is 6.61 Å². The van der Waals surface area contributed by atoms with Crippen LogP contribution in [0, 0.1) is 0 Å². The number of rotatable bonds is 3. The lowest BCUT2D eigenvalue weighted by molar-refractivity contribution is 0.0433. The van der Waals surface area contributed by atoms with Gasteiger partial charge in [0.2, 0.25) is 0 Å². The summed E-state index contributed by atoms with van der Waals surface area (Å²) in [6, 6.07) is 0. The quantitative estimate of drug-likeness (QED) is 0.601. The lowest BCUT2D eigenvalue weighted by Crippen LogP contribution is -2.20. The maximum atomic E-state index is 12.5. The normalized spacial score (nSPS) is 10.2. The maximum absolute atomic E-state index is 12.5. The second kappa shape index (κ2) is 7.00. The molecule has 0 rings (SSSR count). The van der Waals surface area contributed by atoms with Crippen LogP contribution in [0.4, 0.5) is 4.39 Å². The van der Waals surface area contributed by atoms with Crippen molar-refractivity contribution in [3.63, 3.8) is 0 Å². The van der Waals surface area contributed by atoms with Crippen molar-refractivity contribution in [2.24, 2.45) is 0 Å². The summed E-state index contributed by atoms with van der Waals surface area (Å²) in [5.41, 5.74) is -1.17. The predicted octanol–water partition coefficient (Wildman–Crippen LogP) is 2.80. The highest BCUT2D eigenvalue weighted by Crippen LogP contribution is 2.07. The molecule has 0 heterocycles. The smallest absolute Gasteiger partial charge is 0.128 e. The Morgan fingerprint density at radius 3 is 1.80 bits per heavy atom. The summed E-state index contributed by atoms with van der Waals surface area (Å²) in [6.45, 7) is 9.65. The molecule has 2 heteroatoms. The third-order valence-electron chi connectivity index (χ3n) is 0.649.